The molecule has 0 spiro atoms. The number of ether oxygens (including phenoxy) is 1. The summed E-state index contributed by atoms with van der Waals surface area (Å²) in [6, 6.07) is 1.47. The van der Waals surface area contributed by atoms with Crippen molar-refractivity contribution in [1.82, 2.24) is 4.98 Å². The van der Waals surface area contributed by atoms with Gasteiger partial charge in [-0.1, -0.05) is 0 Å². The number of aromatic nitrogens is 1. The van der Waals surface area contributed by atoms with Crippen LogP contribution in [0.1, 0.15) is 18.4 Å². The van der Waals surface area contributed by atoms with Gasteiger partial charge in [0.1, 0.15) is 11.6 Å². The van der Waals surface area contributed by atoms with Crippen molar-refractivity contribution in [3.8, 4) is 0 Å². The third-order valence-corrected chi connectivity index (χ3v) is 3.35. The first-order valence-corrected chi connectivity index (χ1v) is 6.33. The van der Waals surface area contributed by atoms with Gasteiger partial charge in [0, 0.05) is 32.3 Å². The zero-order chi connectivity index (χ0) is 13.0. The number of halogens is 1. The number of pyridine rings is 1. The molecule has 1 unspecified atom stereocenters. The van der Waals surface area contributed by atoms with E-state index < -0.39 is 0 Å². The van der Waals surface area contributed by atoms with Gasteiger partial charge in [-0.15, -0.1) is 0 Å². The Bertz CT molecular complexity index is 398. The van der Waals surface area contributed by atoms with E-state index in [0.717, 1.165) is 37.5 Å². The minimum absolute atomic E-state index is 0.311. The third kappa shape index (κ3) is 2.97. The average molecular weight is 253 g/mol. The fourth-order valence-corrected chi connectivity index (χ4v) is 2.54. The molecule has 0 radical (unpaired) electrons. The molecule has 100 valence electrons. The van der Waals surface area contributed by atoms with Crippen LogP contribution in [0.4, 0.5) is 10.2 Å². The molecule has 0 aliphatic carbocycles. The molecule has 5 heteroatoms. The molecular weight excluding hydrogens is 233 g/mol. The second-order valence-electron chi connectivity index (χ2n) is 4.75. The standard InChI is InChI=1S/C13H20FN3O/c1-18-9-10-3-2-4-17(8-10)13-11(6-15)5-12(14)7-16-13/h5,7,10H,2-4,6,8-9,15H2,1H3. The van der Waals surface area contributed by atoms with Gasteiger partial charge in [0.05, 0.1) is 12.8 Å². The van der Waals surface area contributed by atoms with Crippen LogP contribution < -0.4 is 10.6 Å². The monoisotopic (exact) mass is 253 g/mol. The van der Waals surface area contributed by atoms with Crippen LogP contribution in [-0.4, -0.2) is 31.8 Å². The van der Waals surface area contributed by atoms with Crippen LogP contribution in [0.15, 0.2) is 12.3 Å². The van der Waals surface area contributed by atoms with E-state index in [4.69, 9.17) is 10.5 Å². The molecule has 0 bridgehead atoms. The summed E-state index contributed by atoms with van der Waals surface area (Å²) in [6.07, 6.45) is 3.54. The van der Waals surface area contributed by atoms with E-state index in [1.54, 1.807) is 7.11 Å². The van der Waals surface area contributed by atoms with Crippen LogP contribution in [0.5, 0.6) is 0 Å². The van der Waals surface area contributed by atoms with E-state index in [0.29, 0.717) is 12.5 Å². The van der Waals surface area contributed by atoms with E-state index in [9.17, 15) is 4.39 Å². The summed E-state index contributed by atoms with van der Waals surface area (Å²) in [5.74, 6) is 1.01. The van der Waals surface area contributed by atoms with Crippen molar-refractivity contribution in [2.24, 2.45) is 11.7 Å². The third-order valence-electron chi connectivity index (χ3n) is 3.35. The molecule has 1 aliphatic rings. The van der Waals surface area contributed by atoms with E-state index in [1.165, 1.54) is 18.7 Å². The molecule has 0 saturated carbocycles. The number of hydrogen-bond acceptors (Lipinski definition) is 4. The van der Waals surface area contributed by atoms with Crippen molar-refractivity contribution in [1.29, 1.82) is 0 Å². The number of hydrogen-bond donors (Lipinski definition) is 1. The van der Waals surface area contributed by atoms with Crippen molar-refractivity contribution < 1.29 is 9.13 Å². The molecule has 1 atom stereocenters. The quantitative estimate of drug-likeness (QED) is 0.884. The SMILES string of the molecule is COCC1CCCN(c2ncc(F)cc2CN)C1. The molecule has 18 heavy (non-hydrogen) atoms. The Labute approximate surface area is 107 Å². The molecule has 1 aromatic heterocycles. The first-order chi connectivity index (χ1) is 8.74. The van der Waals surface area contributed by atoms with Crippen LogP contribution in [-0.2, 0) is 11.3 Å². The van der Waals surface area contributed by atoms with Gasteiger partial charge in [0.15, 0.2) is 0 Å². The molecular formula is C13H20FN3O. The molecule has 1 aliphatic heterocycles. The number of rotatable bonds is 4. The minimum Gasteiger partial charge on any atom is -0.384 e. The maximum atomic E-state index is 13.1. The molecule has 2 rings (SSSR count). The Kier molecular flexibility index (Phi) is 4.49. The number of anilines is 1. The molecule has 2 N–H and O–H groups in total. The Balaban J connectivity index is 2.15. The fourth-order valence-electron chi connectivity index (χ4n) is 2.54. The molecule has 2 heterocycles. The van der Waals surface area contributed by atoms with E-state index in [-0.39, 0.29) is 5.82 Å². The maximum Gasteiger partial charge on any atom is 0.141 e. The minimum atomic E-state index is -0.329. The molecule has 0 aromatic carbocycles. The van der Waals surface area contributed by atoms with Crippen LogP contribution in [0.3, 0.4) is 0 Å². The second-order valence-corrected chi connectivity index (χ2v) is 4.75. The first kappa shape index (κ1) is 13.2. The highest BCUT2D eigenvalue weighted by molar-refractivity contribution is 5.47. The highest BCUT2D eigenvalue weighted by Gasteiger charge is 2.22. The Hall–Kier alpha value is -1.20. The van der Waals surface area contributed by atoms with Crippen LogP contribution in [0.2, 0.25) is 0 Å². The Morgan fingerprint density at radius 3 is 3.17 bits per heavy atom. The number of methoxy groups -OCH3 is 1. The molecule has 1 fully saturated rings. The van der Waals surface area contributed by atoms with Gasteiger partial charge < -0.3 is 15.4 Å². The average Bonchev–Trinajstić information content (AvgIpc) is 2.39. The lowest BCUT2D eigenvalue weighted by Crippen LogP contribution is -2.38. The normalized spacial score (nSPS) is 20.2. The molecule has 1 aromatic rings. The summed E-state index contributed by atoms with van der Waals surface area (Å²) in [5, 5.41) is 0. The summed E-state index contributed by atoms with van der Waals surface area (Å²) in [7, 11) is 1.72. The summed E-state index contributed by atoms with van der Waals surface area (Å²) >= 11 is 0. The van der Waals surface area contributed by atoms with E-state index in [1.807, 2.05) is 0 Å². The fraction of sp³-hybridized carbons (Fsp3) is 0.615. The van der Waals surface area contributed by atoms with Gasteiger partial charge in [0.2, 0.25) is 0 Å². The maximum absolute atomic E-state index is 13.1. The lowest BCUT2D eigenvalue weighted by Gasteiger charge is -2.34. The van der Waals surface area contributed by atoms with Crippen molar-refractivity contribution in [3.63, 3.8) is 0 Å². The number of nitrogens with two attached hydrogens (primary N) is 1. The predicted octanol–water partition coefficient (Wildman–Crippen LogP) is 1.54. The van der Waals surface area contributed by atoms with Crippen molar-refractivity contribution in [3.05, 3.63) is 23.6 Å². The lowest BCUT2D eigenvalue weighted by molar-refractivity contribution is 0.143. The zero-order valence-corrected chi connectivity index (χ0v) is 10.7. The van der Waals surface area contributed by atoms with Gasteiger partial charge in [-0.05, 0) is 24.8 Å². The predicted molar refractivity (Wildman–Crippen MR) is 68.9 cm³/mol. The highest BCUT2D eigenvalue weighted by atomic mass is 19.1. The van der Waals surface area contributed by atoms with Gasteiger partial charge in [0.25, 0.3) is 0 Å². The summed E-state index contributed by atoms with van der Waals surface area (Å²) in [6.45, 7) is 2.92. The van der Waals surface area contributed by atoms with Crippen molar-refractivity contribution in [2.75, 3.05) is 31.7 Å². The van der Waals surface area contributed by atoms with Gasteiger partial charge >= 0.3 is 0 Å². The van der Waals surface area contributed by atoms with Crippen LogP contribution in [0, 0.1) is 11.7 Å². The van der Waals surface area contributed by atoms with Crippen molar-refractivity contribution in [2.45, 2.75) is 19.4 Å². The van der Waals surface area contributed by atoms with E-state index >= 15 is 0 Å². The van der Waals surface area contributed by atoms with Crippen molar-refractivity contribution >= 4 is 5.82 Å². The first-order valence-electron chi connectivity index (χ1n) is 6.33. The van der Waals surface area contributed by atoms with Crippen LogP contribution in [0.25, 0.3) is 0 Å². The summed E-state index contributed by atoms with van der Waals surface area (Å²) < 4.78 is 18.4. The number of nitrogens with zero attached hydrogens (tertiary/aromatic N) is 2. The molecule has 1 saturated heterocycles. The summed E-state index contributed by atoms with van der Waals surface area (Å²) in [4.78, 5) is 6.39. The van der Waals surface area contributed by atoms with Gasteiger partial charge in [-0.2, -0.15) is 0 Å². The smallest absolute Gasteiger partial charge is 0.141 e. The highest BCUT2D eigenvalue weighted by Crippen LogP contribution is 2.24. The largest absolute Gasteiger partial charge is 0.384 e. The second kappa shape index (κ2) is 6.11. The number of piperidine rings is 1. The van der Waals surface area contributed by atoms with Crippen LogP contribution >= 0.6 is 0 Å². The van der Waals surface area contributed by atoms with Gasteiger partial charge in [-0.25, -0.2) is 9.37 Å². The Morgan fingerprint density at radius 1 is 1.61 bits per heavy atom. The zero-order valence-electron chi connectivity index (χ0n) is 10.7. The van der Waals surface area contributed by atoms with Gasteiger partial charge in [-0.3, -0.25) is 0 Å². The summed E-state index contributed by atoms with van der Waals surface area (Å²) in [5.41, 5.74) is 6.43. The molecule has 4 nitrogen and oxygen atoms in total. The molecule has 0 amide bonds. The van der Waals surface area contributed by atoms with E-state index in [2.05, 4.69) is 9.88 Å². The lowest BCUT2D eigenvalue weighted by atomic mass is 9.98. The Morgan fingerprint density at radius 2 is 2.44 bits per heavy atom. The topological polar surface area (TPSA) is 51.4 Å².